The Morgan fingerprint density at radius 1 is 1.08 bits per heavy atom. The fourth-order valence-electron chi connectivity index (χ4n) is 2.69. The van der Waals surface area contributed by atoms with Gasteiger partial charge in [-0.2, -0.15) is 10.1 Å². The molecule has 2 aromatic rings. The molecule has 0 spiro atoms. The van der Waals surface area contributed by atoms with Crippen LogP contribution in [-0.4, -0.2) is 64.9 Å². The number of rotatable bonds is 6. The van der Waals surface area contributed by atoms with Crippen LogP contribution in [0.25, 0.3) is 0 Å². The van der Waals surface area contributed by atoms with E-state index in [0.29, 0.717) is 5.95 Å². The van der Waals surface area contributed by atoms with Crippen molar-refractivity contribution in [1.82, 2.24) is 25.1 Å². The number of hydrogen-bond acceptors (Lipinski definition) is 8. The number of anilines is 3. The summed E-state index contributed by atoms with van der Waals surface area (Å²) in [4.78, 5) is 19.8. The Kier molecular flexibility index (Phi) is 5.35. The van der Waals surface area contributed by atoms with E-state index < -0.39 is 0 Å². The molecule has 128 valence electrons. The van der Waals surface area contributed by atoms with Crippen molar-refractivity contribution in [2.24, 2.45) is 0 Å². The van der Waals surface area contributed by atoms with Crippen molar-refractivity contribution in [3.63, 3.8) is 0 Å². The minimum atomic E-state index is 0.690. The van der Waals surface area contributed by atoms with Gasteiger partial charge in [0.1, 0.15) is 0 Å². The van der Waals surface area contributed by atoms with Gasteiger partial charge in [-0.1, -0.05) is 13.3 Å². The summed E-state index contributed by atoms with van der Waals surface area (Å²) in [5, 5.41) is 8.29. The molecule has 0 amide bonds. The first-order valence-electron chi connectivity index (χ1n) is 8.45. The van der Waals surface area contributed by atoms with Gasteiger partial charge in [0, 0.05) is 52.2 Å². The van der Waals surface area contributed by atoms with E-state index in [2.05, 4.69) is 46.8 Å². The highest BCUT2D eigenvalue weighted by Gasteiger charge is 2.20. The molecule has 0 atom stereocenters. The Hall–Kier alpha value is -2.51. The largest absolute Gasteiger partial charge is 0.352 e. The molecule has 3 heterocycles. The highest BCUT2D eigenvalue weighted by molar-refractivity contribution is 5.43. The lowest BCUT2D eigenvalue weighted by atomic mass is 10.3. The lowest BCUT2D eigenvalue weighted by Crippen LogP contribution is -2.47. The summed E-state index contributed by atoms with van der Waals surface area (Å²) >= 11 is 0. The third-order valence-corrected chi connectivity index (χ3v) is 4.16. The van der Waals surface area contributed by atoms with Crippen molar-refractivity contribution in [2.45, 2.75) is 19.8 Å². The molecule has 0 unspecified atom stereocenters. The van der Waals surface area contributed by atoms with Crippen molar-refractivity contribution < 1.29 is 0 Å². The average Bonchev–Trinajstić information content (AvgIpc) is 2.67. The highest BCUT2D eigenvalue weighted by Crippen LogP contribution is 2.17. The van der Waals surface area contributed by atoms with Crippen molar-refractivity contribution in [3.05, 3.63) is 24.7 Å². The summed E-state index contributed by atoms with van der Waals surface area (Å²) in [6, 6.07) is 1.84. The topological polar surface area (TPSA) is 74.2 Å². The molecule has 1 saturated heterocycles. The Balaban J connectivity index is 1.62. The fourth-order valence-corrected chi connectivity index (χ4v) is 2.69. The molecule has 8 heteroatoms. The molecule has 0 aromatic carbocycles. The maximum absolute atomic E-state index is 4.68. The second kappa shape index (κ2) is 7.85. The van der Waals surface area contributed by atoms with Gasteiger partial charge in [0.05, 0.1) is 6.20 Å². The third-order valence-electron chi connectivity index (χ3n) is 4.16. The molecule has 1 aliphatic rings. The maximum atomic E-state index is 4.68. The van der Waals surface area contributed by atoms with Crippen LogP contribution >= 0.6 is 0 Å². The normalized spacial score (nSPS) is 14.8. The third kappa shape index (κ3) is 3.87. The first-order valence-corrected chi connectivity index (χ1v) is 8.45. The molecule has 0 radical (unpaired) electrons. The Morgan fingerprint density at radius 2 is 1.79 bits per heavy atom. The molecule has 8 nitrogen and oxygen atoms in total. The zero-order valence-electron chi connectivity index (χ0n) is 14.3. The predicted molar refractivity (Wildman–Crippen MR) is 94.5 cm³/mol. The summed E-state index contributed by atoms with van der Waals surface area (Å²) in [5.41, 5.74) is 0. The molecule has 0 bridgehead atoms. The van der Waals surface area contributed by atoms with E-state index in [4.69, 9.17) is 0 Å². The van der Waals surface area contributed by atoms with Gasteiger partial charge >= 0.3 is 0 Å². The van der Waals surface area contributed by atoms with Crippen LogP contribution in [0.4, 0.5) is 17.7 Å². The number of nitrogens with zero attached hydrogens (tertiary/aromatic N) is 8. The minimum absolute atomic E-state index is 0.690. The van der Waals surface area contributed by atoms with Gasteiger partial charge in [-0.3, -0.25) is 0 Å². The highest BCUT2D eigenvalue weighted by atomic mass is 15.4. The van der Waals surface area contributed by atoms with E-state index >= 15 is 0 Å². The molecule has 24 heavy (non-hydrogen) atoms. The monoisotopic (exact) mass is 328 g/mol. The van der Waals surface area contributed by atoms with Gasteiger partial charge in [-0.25, -0.2) is 9.97 Å². The average molecular weight is 328 g/mol. The Bertz CT molecular complexity index is 627. The first-order chi connectivity index (χ1) is 11.8. The molecular formula is C16H24N8. The van der Waals surface area contributed by atoms with E-state index in [1.165, 1.54) is 0 Å². The van der Waals surface area contributed by atoms with E-state index in [9.17, 15) is 0 Å². The van der Waals surface area contributed by atoms with E-state index in [1.807, 2.05) is 13.1 Å². The fraction of sp³-hybridized carbons (Fsp3) is 0.562. The van der Waals surface area contributed by atoms with Crippen LogP contribution in [0.15, 0.2) is 24.7 Å². The SMILES string of the molecule is CCCCN(C)c1nncc(N2CCN(c3ncccn3)CC2)n1. The van der Waals surface area contributed by atoms with Gasteiger partial charge in [-0.05, 0) is 12.5 Å². The van der Waals surface area contributed by atoms with E-state index in [0.717, 1.165) is 57.3 Å². The van der Waals surface area contributed by atoms with Gasteiger partial charge in [0.25, 0.3) is 0 Å². The zero-order valence-corrected chi connectivity index (χ0v) is 14.3. The number of aromatic nitrogens is 5. The minimum Gasteiger partial charge on any atom is -0.352 e. The second-order valence-electron chi connectivity index (χ2n) is 5.91. The Morgan fingerprint density at radius 3 is 2.50 bits per heavy atom. The van der Waals surface area contributed by atoms with Gasteiger partial charge < -0.3 is 14.7 Å². The molecule has 0 saturated carbocycles. The number of unbranched alkanes of at least 4 members (excludes halogenated alkanes) is 1. The summed E-state index contributed by atoms with van der Waals surface area (Å²) in [6.45, 7) is 6.61. The van der Waals surface area contributed by atoms with Crippen molar-refractivity contribution in [1.29, 1.82) is 0 Å². The van der Waals surface area contributed by atoms with Crippen LogP contribution in [0.1, 0.15) is 19.8 Å². The number of piperazine rings is 1. The maximum Gasteiger partial charge on any atom is 0.247 e. The number of hydrogen-bond donors (Lipinski definition) is 0. The van der Waals surface area contributed by atoms with Crippen LogP contribution in [0.3, 0.4) is 0 Å². The van der Waals surface area contributed by atoms with Crippen LogP contribution in [-0.2, 0) is 0 Å². The van der Waals surface area contributed by atoms with Crippen molar-refractivity contribution in [2.75, 3.05) is 54.5 Å². The van der Waals surface area contributed by atoms with Crippen LogP contribution in [0.5, 0.6) is 0 Å². The predicted octanol–water partition coefficient (Wildman–Crippen LogP) is 1.22. The second-order valence-corrected chi connectivity index (χ2v) is 5.91. The standard InChI is InChI=1S/C16H24N8/c1-3-4-8-22(2)16-20-14(13-19-21-16)23-9-11-24(12-10-23)15-17-6-5-7-18-15/h5-7,13H,3-4,8-12H2,1-2H3. The van der Waals surface area contributed by atoms with E-state index in [1.54, 1.807) is 18.6 Å². The first kappa shape index (κ1) is 16.4. The van der Waals surface area contributed by atoms with Crippen molar-refractivity contribution >= 4 is 17.7 Å². The summed E-state index contributed by atoms with van der Waals surface area (Å²) in [7, 11) is 2.02. The van der Waals surface area contributed by atoms with Crippen LogP contribution < -0.4 is 14.7 Å². The summed E-state index contributed by atoms with van der Waals surface area (Å²) in [6.07, 6.45) is 7.58. The van der Waals surface area contributed by atoms with Crippen molar-refractivity contribution in [3.8, 4) is 0 Å². The quantitative estimate of drug-likeness (QED) is 0.784. The van der Waals surface area contributed by atoms with Gasteiger partial charge in [0.2, 0.25) is 11.9 Å². The lowest BCUT2D eigenvalue weighted by molar-refractivity contribution is 0.630. The van der Waals surface area contributed by atoms with Crippen LogP contribution in [0.2, 0.25) is 0 Å². The molecular weight excluding hydrogens is 304 g/mol. The summed E-state index contributed by atoms with van der Waals surface area (Å²) in [5.74, 6) is 2.37. The molecule has 0 N–H and O–H groups in total. The lowest BCUT2D eigenvalue weighted by Gasteiger charge is -2.35. The zero-order chi connectivity index (χ0) is 16.8. The van der Waals surface area contributed by atoms with Gasteiger partial charge in [0.15, 0.2) is 5.82 Å². The molecule has 1 fully saturated rings. The smallest absolute Gasteiger partial charge is 0.247 e. The summed E-state index contributed by atoms with van der Waals surface area (Å²) < 4.78 is 0. The molecule has 2 aromatic heterocycles. The van der Waals surface area contributed by atoms with Crippen LogP contribution in [0, 0.1) is 0 Å². The molecule has 3 rings (SSSR count). The molecule has 0 aliphatic carbocycles. The van der Waals surface area contributed by atoms with E-state index in [-0.39, 0.29) is 0 Å². The van der Waals surface area contributed by atoms with Gasteiger partial charge in [-0.15, -0.1) is 5.10 Å². The molecule has 1 aliphatic heterocycles. The Labute approximate surface area is 142 Å².